The van der Waals surface area contributed by atoms with Gasteiger partial charge in [-0.05, 0) is 35.7 Å². The van der Waals surface area contributed by atoms with Gasteiger partial charge in [0.15, 0.2) is 10.7 Å². The van der Waals surface area contributed by atoms with E-state index < -0.39 is 26.3 Å². The van der Waals surface area contributed by atoms with Gasteiger partial charge in [0.05, 0.1) is 10.4 Å². The molecule has 0 atom stereocenters. The lowest BCUT2D eigenvalue weighted by Gasteiger charge is -2.05. The van der Waals surface area contributed by atoms with Gasteiger partial charge in [0, 0.05) is 17.8 Å². The Morgan fingerprint density at radius 2 is 1.76 bits per heavy atom. The summed E-state index contributed by atoms with van der Waals surface area (Å²) in [6, 6.07) is 16.7. The van der Waals surface area contributed by atoms with Crippen molar-refractivity contribution < 1.29 is 17.9 Å². The molecule has 1 aromatic heterocycles. The highest BCUT2D eigenvalue weighted by Crippen LogP contribution is 2.32. The molecule has 0 aliphatic rings. The molecular weight excluding hydrogens is 393 g/mol. The molecule has 0 saturated carbocycles. The largest absolute Gasteiger partial charge is 0.504 e. The van der Waals surface area contributed by atoms with Crippen LogP contribution >= 0.6 is 0 Å². The summed E-state index contributed by atoms with van der Waals surface area (Å²) in [6.07, 6.45) is 0. The van der Waals surface area contributed by atoms with Crippen molar-refractivity contribution in [3.8, 4) is 6.07 Å². The minimum atomic E-state index is -4.36. The van der Waals surface area contributed by atoms with Crippen LogP contribution in [0.5, 0.6) is 0 Å². The second kappa shape index (κ2) is 6.72. The van der Waals surface area contributed by atoms with Gasteiger partial charge in [0.1, 0.15) is 17.6 Å². The van der Waals surface area contributed by atoms with Crippen LogP contribution in [0.25, 0.3) is 27.4 Å². The van der Waals surface area contributed by atoms with E-state index in [0.29, 0.717) is 10.9 Å². The van der Waals surface area contributed by atoms with Crippen molar-refractivity contribution in [2.75, 3.05) is 0 Å². The standard InChI is InChI=1S/C21H14FN3O3S/c1-25-20-16-5-3-2-4-13(16)6-11-17(20)19(24-25)21(26)18(12-23)29(27,28)15-9-7-14(22)8-10-15/h2-11,26H,1H3. The number of benzene rings is 3. The van der Waals surface area contributed by atoms with E-state index in [4.69, 9.17) is 0 Å². The summed E-state index contributed by atoms with van der Waals surface area (Å²) < 4.78 is 40.4. The van der Waals surface area contributed by atoms with Crippen molar-refractivity contribution in [2.24, 2.45) is 7.05 Å². The van der Waals surface area contributed by atoms with Crippen molar-refractivity contribution >= 4 is 37.3 Å². The predicted octanol–water partition coefficient (Wildman–Crippen LogP) is 4.09. The van der Waals surface area contributed by atoms with Crippen LogP contribution in [-0.4, -0.2) is 23.3 Å². The van der Waals surface area contributed by atoms with Gasteiger partial charge in [-0.15, -0.1) is 0 Å². The molecule has 1 heterocycles. The molecular formula is C21H14FN3O3S. The monoisotopic (exact) mass is 407 g/mol. The Labute approximate surface area is 165 Å². The van der Waals surface area contributed by atoms with Crippen LogP contribution in [0.1, 0.15) is 5.69 Å². The molecule has 0 aliphatic carbocycles. The van der Waals surface area contributed by atoms with Gasteiger partial charge in [0.25, 0.3) is 0 Å². The molecule has 0 amide bonds. The molecule has 0 saturated heterocycles. The maximum atomic E-state index is 13.2. The number of aliphatic hydroxyl groups excluding tert-OH is 1. The van der Waals surface area contributed by atoms with E-state index in [1.54, 1.807) is 19.2 Å². The predicted molar refractivity (Wildman–Crippen MR) is 107 cm³/mol. The molecule has 4 rings (SSSR count). The van der Waals surface area contributed by atoms with Crippen LogP contribution in [-0.2, 0) is 16.9 Å². The minimum absolute atomic E-state index is 0.0181. The summed E-state index contributed by atoms with van der Waals surface area (Å²) in [6.45, 7) is 0. The van der Waals surface area contributed by atoms with Crippen LogP contribution in [0.3, 0.4) is 0 Å². The number of nitrogens with zero attached hydrogens (tertiary/aromatic N) is 3. The number of hydrogen-bond donors (Lipinski definition) is 1. The molecule has 0 unspecified atom stereocenters. The smallest absolute Gasteiger partial charge is 0.220 e. The van der Waals surface area contributed by atoms with Gasteiger partial charge in [-0.25, -0.2) is 12.8 Å². The zero-order valence-corrected chi connectivity index (χ0v) is 16.0. The fourth-order valence-corrected chi connectivity index (χ4v) is 4.50. The average Bonchev–Trinajstić information content (AvgIpc) is 3.05. The number of aromatic nitrogens is 2. The first-order valence-electron chi connectivity index (χ1n) is 8.53. The molecule has 144 valence electrons. The first kappa shape index (κ1) is 18.7. The van der Waals surface area contributed by atoms with Crippen LogP contribution < -0.4 is 0 Å². The number of aryl methyl sites for hydroxylation is 1. The summed E-state index contributed by atoms with van der Waals surface area (Å²) >= 11 is 0. The van der Waals surface area contributed by atoms with Gasteiger partial charge in [-0.3, -0.25) is 4.68 Å². The third-order valence-corrected chi connectivity index (χ3v) is 6.38. The minimum Gasteiger partial charge on any atom is -0.504 e. The van der Waals surface area contributed by atoms with Crippen molar-refractivity contribution in [2.45, 2.75) is 4.90 Å². The quantitative estimate of drug-likeness (QED) is 0.313. The third-order valence-electron chi connectivity index (χ3n) is 4.66. The maximum absolute atomic E-state index is 13.2. The van der Waals surface area contributed by atoms with E-state index in [2.05, 4.69) is 5.10 Å². The van der Waals surface area contributed by atoms with Crippen LogP contribution in [0.15, 0.2) is 70.5 Å². The first-order chi connectivity index (χ1) is 13.8. The van der Waals surface area contributed by atoms with Gasteiger partial charge in [-0.1, -0.05) is 30.3 Å². The maximum Gasteiger partial charge on any atom is 0.220 e. The molecule has 0 bridgehead atoms. The van der Waals surface area contributed by atoms with E-state index in [0.717, 1.165) is 35.0 Å². The SMILES string of the molecule is Cn1nc(C(O)=C(C#N)S(=O)(=O)c2ccc(F)cc2)c2ccc3ccccc3c21. The topological polar surface area (TPSA) is 96.0 Å². The molecule has 29 heavy (non-hydrogen) atoms. The molecule has 4 aromatic rings. The van der Waals surface area contributed by atoms with Gasteiger partial charge >= 0.3 is 0 Å². The van der Waals surface area contributed by atoms with E-state index in [1.807, 2.05) is 30.3 Å². The Balaban J connectivity index is 1.99. The number of hydrogen-bond acceptors (Lipinski definition) is 5. The second-order valence-electron chi connectivity index (χ2n) is 6.40. The number of aliphatic hydroxyl groups is 1. The fourth-order valence-electron chi connectivity index (χ4n) is 3.30. The van der Waals surface area contributed by atoms with E-state index in [1.165, 1.54) is 4.68 Å². The Morgan fingerprint density at radius 3 is 2.45 bits per heavy atom. The Hall–Kier alpha value is -3.70. The number of nitriles is 1. The molecule has 6 nitrogen and oxygen atoms in total. The van der Waals surface area contributed by atoms with E-state index >= 15 is 0 Å². The highest BCUT2D eigenvalue weighted by Gasteiger charge is 2.28. The van der Waals surface area contributed by atoms with Gasteiger partial charge < -0.3 is 5.11 Å². The third kappa shape index (κ3) is 2.92. The van der Waals surface area contributed by atoms with Gasteiger partial charge in [-0.2, -0.15) is 10.4 Å². The van der Waals surface area contributed by atoms with Crippen molar-refractivity contribution in [3.63, 3.8) is 0 Å². The first-order valence-corrected chi connectivity index (χ1v) is 10.0. The number of halogens is 1. The van der Waals surface area contributed by atoms with E-state index in [-0.39, 0.29) is 10.6 Å². The van der Waals surface area contributed by atoms with Crippen LogP contribution in [0.2, 0.25) is 0 Å². The number of fused-ring (bicyclic) bond motifs is 3. The van der Waals surface area contributed by atoms with Crippen LogP contribution in [0.4, 0.5) is 4.39 Å². The van der Waals surface area contributed by atoms with Crippen molar-refractivity contribution in [1.29, 1.82) is 5.26 Å². The molecule has 0 fully saturated rings. The van der Waals surface area contributed by atoms with Crippen LogP contribution in [0, 0.1) is 17.1 Å². The lowest BCUT2D eigenvalue weighted by Crippen LogP contribution is -2.07. The number of allylic oxidation sites excluding steroid dienone is 1. The molecule has 0 spiro atoms. The zero-order chi connectivity index (χ0) is 20.8. The van der Waals surface area contributed by atoms with Crippen molar-refractivity contribution in [1.82, 2.24) is 9.78 Å². The Bertz CT molecular complexity index is 1450. The molecule has 1 N–H and O–H groups in total. The average molecular weight is 407 g/mol. The Kier molecular flexibility index (Phi) is 4.32. The summed E-state index contributed by atoms with van der Waals surface area (Å²) in [5, 5.41) is 26.8. The zero-order valence-electron chi connectivity index (χ0n) is 15.2. The number of sulfone groups is 1. The Morgan fingerprint density at radius 1 is 1.07 bits per heavy atom. The highest BCUT2D eigenvalue weighted by atomic mass is 32.2. The summed E-state index contributed by atoms with van der Waals surface area (Å²) in [7, 11) is -2.69. The summed E-state index contributed by atoms with van der Waals surface area (Å²) in [5.74, 6) is -1.36. The van der Waals surface area contributed by atoms with Crippen molar-refractivity contribution in [3.05, 3.63) is 77.1 Å². The normalized spacial score (nSPS) is 12.7. The number of rotatable bonds is 3. The van der Waals surface area contributed by atoms with E-state index in [9.17, 15) is 23.2 Å². The summed E-state index contributed by atoms with van der Waals surface area (Å²) in [4.78, 5) is -1.15. The highest BCUT2D eigenvalue weighted by molar-refractivity contribution is 7.95. The molecule has 8 heteroatoms. The molecule has 3 aromatic carbocycles. The fraction of sp³-hybridized carbons (Fsp3) is 0.0476. The lowest BCUT2D eigenvalue weighted by molar-refractivity contribution is 0.505. The second-order valence-corrected chi connectivity index (χ2v) is 8.29. The summed E-state index contributed by atoms with van der Waals surface area (Å²) in [5.41, 5.74) is 0.677. The lowest BCUT2D eigenvalue weighted by atomic mass is 10.1. The van der Waals surface area contributed by atoms with Gasteiger partial charge in [0.2, 0.25) is 9.84 Å². The molecule has 0 radical (unpaired) electrons. The molecule has 0 aliphatic heterocycles.